The predicted molar refractivity (Wildman–Crippen MR) is 69.8 cm³/mol. The lowest BCUT2D eigenvalue weighted by Crippen LogP contribution is -2.06. The van der Waals surface area contributed by atoms with Crippen LogP contribution in [0.1, 0.15) is 0 Å². The fourth-order valence-electron chi connectivity index (χ4n) is 1.99. The molecule has 2 aromatic carbocycles. The molecule has 3 aromatic rings. The summed E-state index contributed by atoms with van der Waals surface area (Å²) in [5.41, 5.74) is 0.821. The van der Waals surface area contributed by atoms with Gasteiger partial charge in [0.05, 0.1) is 0 Å². The second-order valence-corrected chi connectivity index (χ2v) is 4.52. The van der Waals surface area contributed by atoms with Gasteiger partial charge in [-0.05, 0) is 18.2 Å². The molecule has 0 aliphatic carbocycles. The molecule has 0 amide bonds. The van der Waals surface area contributed by atoms with Gasteiger partial charge in [-0.2, -0.15) is 0 Å². The van der Waals surface area contributed by atoms with E-state index in [1.165, 1.54) is 0 Å². The highest BCUT2D eigenvalue weighted by molar-refractivity contribution is 9.10. The first kappa shape index (κ1) is 9.60. The van der Waals surface area contributed by atoms with E-state index in [2.05, 4.69) is 20.9 Å². The highest BCUT2D eigenvalue weighted by Crippen LogP contribution is 2.27. The number of aromatic nitrogens is 1. The Kier molecular flexibility index (Phi) is 2.07. The van der Waals surface area contributed by atoms with Crippen molar-refractivity contribution < 1.29 is 0 Å². The van der Waals surface area contributed by atoms with Crippen LogP contribution in [-0.4, -0.2) is 4.98 Å². The second-order valence-electron chi connectivity index (χ2n) is 3.66. The van der Waals surface area contributed by atoms with Crippen LogP contribution in [0.25, 0.3) is 21.7 Å². The van der Waals surface area contributed by atoms with Gasteiger partial charge in [-0.25, -0.2) is 0 Å². The number of aromatic amines is 1. The van der Waals surface area contributed by atoms with Crippen LogP contribution in [0.2, 0.25) is 0 Å². The Morgan fingerprint density at radius 2 is 1.69 bits per heavy atom. The van der Waals surface area contributed by atoms with Gasteiger partial charge in [-0.3, -0.25) is 4.79 Å². The van der Waals surface area contributed by atoms with Crippen LogP contribution in [0.15, 0.2) is 51.7 Å². The molecule has 1 N–H and O–H groups in total. The van der Waals surface area contributed by atoms with E-state index in [-0.39, 0.29) is 5.56 Å². The average molecular weight is 274 g/mol. The van der Waals surface area contributed by atoms with E-state index in [0.29, 0.717) is 5.39 Å². The molecule has 0 spiro atoms. The molecule has 78 valence electrons. The maximum atomic E-state index is 11.9. The Labute approximate surface area is 100 Å². The van der Waals surface area contributed by atoms with Crippen LogP contribution < -0.4 is 5.56 Å². The third kappa shape index (κ3) is 1.28. The molecule has 1 aromatic heterocycles. The van der Waals surface area contributed by atoms with Crippen molar-refractivity contribution in [1.29, 1.82) is 0 Å². The fraction of sp³-hybridized carbons (Fsp3) is 0. The molecule has 0 aliphatic rings. The van der Waals surface area contributed by atoms with E-state index in [1.807, 2.05) is 42.5 Å². The maximum absolute atomic E-state index is 11.9. The van der Waals surface area contributed by atoms with Crippen LogP contribution in [0, 0.1) is 0 Å². The van der Waals surface area contributed by atoms with Crippen LogP contribution in [0.4, 0.5) is 0 Å². The van der Waals surface area contributed by atoms with Crippen molar-refractivity contribution in [3.05, 3.63) is 57.3 Å². The Bertz CT molecular complexity index is 746. The van der Waals surface area contributed by atoms with Crippen LogP contribution in [0.3, 0.4) is 0 Å². The van der Waals surface area contributed by atoms with Crippen molar-refractivity contribution in [3.63, 3.8) is 0 Å². The summed E-state index contributed by atoms with van der Waals surface area (Å²) in [6.45, 7) is 0. The highest BCUT2D eigenvalue weighted by Gasteiger charge is 2.06. The number of halogens is 1. The molecule has 3 heteroatoms. The number of hydrogen-bond donors (Lipinski definition) is 1. The highest BCUT2D eigenvalue weighted by atomic mass is 79.9. The first-order chi connectivity index (χ1) is 7.77. The normalized spacial score (nSPS) is 11.1. The van der Waals surface area contributed by atoms with E-state index in [4.69, 9.17) is 0 Å². The minimum Gasteiger partial charge on any atom is -0.321 e. The molecule has 2 nitrogen and oxygen atoms in total. The Morgan fingerprint density at radius 1 is 0.938 bits per heavy atom. The Hall–Kier alpha value is -1.61. The molecular weight excluding hydrogens is 266 g/mol. The van der Waals surface area contributed by atoms with Crippen molar-refractivity contribution in [2.45, 2.75) is 0 Å². The summed E-state index contributed by atoms with van der Waals surface area (Å²) in [6.07, 6.45) is 0. The SMILES string of the molecule is O=c1[nH]c2ccccc2c2c(Br)cccc12. The maximum Gasteiger partial charge on any atom is 0.256 e. The quantitative estimate of drug-likeness (QED) is 0.626. The third-order valence-electron chi connectivity index (χ3n) is 2.70. The molecule has 16 heavy (non-hydrogen) atoms. The van der Waals surface area contributed by atoms with Gasteiger partial charge in [0.15, 0.2) is 0 Å². The lowest BCUT2D eigenvalue weighted by Gasteiger charge is -2.04. The summed E-state index contributed by atoms with van der Waals surface area (Å²) in [5, 5.41) is 2.75. The molecule has 3 rings (SSSR count). The van der Waals surface area contributed by atoms with Gasteiger partial charge < -0.3 is 4.98 Å². The van der Waals surface area contributed by atoms with Gasteiger partial charge in [0.1, 0.15) is 0 Å². The monoisotopic (exact) mass is 273 g/mol. The summed E-state index contributed by atoms with van der Waals surface area (Å²) < 4.78 is 0.951. The first-order valence-corrected chi connectivity index (χ1v) is 5.76. The fourth-order valence-corrected chi connectivity index (χ4v) is 2.57. The number of hydrogen-bond acceptors (Lipinski definition) is 1. The molecule has 0 atom stereocenters. The zero-order chi connectivity index (χ0) is 11.1. The van der Waals surface area contributed by atoms with E-state index in [0.717, 1.165) is 20.8 Å². The van der Waals surface area contributed by atoms with Gasteiger partial charge in [0, 0.05) is 26.1 Å². The number of pyridine rings is 1. The average Bonchev–Trinajstić information content (AvgIpc) is 2.30. The molecule has 0 radical (unpaired) electrons. The van der Waals surface area contributed by atoms with Gasteiger partial charge >= 0.3 is 0 Å². The summed E-state index contributed by atoms with van der Waals surface area (Å²) in [5.74, 6) is 0. The van der Waals surface area contributed by atoms with Crippen LogP contribution >= 0.6 is 15.9 Å². The lowest BCUT2D eigenvalue weighted by atomic mass is 10.1. The summed E-state index contributed by atoms with van der Waals surface area (Å²) in [7, 11) is 0. The van der Waals surface area contributed by atoms with Crippen molar-refractivity contribution >= 4 is 37.6 Å². The zero-order valence-corrected chi connectivity index (χ0v) is 9.91. The van der Waals surface area contributed by atoms with Crippen molar-refractivity contribution in [2.24, 2.45) is 0 Å². The largest absolute Gasteiger partial charge is 0.321 e. The molecule has 0 fully saturated rings. The number of nitrogens with one attached hydrogen (secondary N) is 1. The van der Waals surface area contributed by atoms with Crippen molar-refractivity contribution in [2.75, 3.05) is 0 Å². The topological polar surface area (TPSA) is 32.9 Å². The molecule has 0 saturated carbocycles. The van der Waals surface area contributed by atoms with Crippen LogP contribution in [0.5, 0.6) is 0 Å². The molecule has 0 aliphatic heterocycles. The summed E-state index contributed by atoms with van der Waals surface area (Å²) in [6, 6.07) is 13.5. The number of rotatable bonds is 0. The smallest absolute Gasteiger partial charge is 0.256 e. The minimum absolute atomic E-state index is 0.0463. The van der Waals surface area contributed by atoms with Gasteiger partial charge in [-0.15, -0.1) is 0 Å². The number of fused-ring (bicyclic) bond motifs is 3. The minimum atomic E-state index is -0.0463. The Balaban J connectivity index is 2.73. The van der Waals surface area contributed by atoms with E-state index < -0.39 is 0 Å². The van der Waals surface area contributed by atoms with Crippen molar-refractivity contribution in [1.82, 2.24) is 4.98 Å². The van der Waals surface area contributed by atoms with Gasteiger partial charge in [0.25, 0.3) is 5.56 Å². The van der Waals surface area contributed by atoms with E-state index >= 15 is 0 Å². The lowest BCUT2D eigenvalue weighted by molar-refractivity contribution is 1.34. The van der Waals surface area contributed by atoms with Gasteiger partial charge in [0.2, 0.25) is 0 Å². The summed E-state index contributed by atoms with van der Waals surface area (Å²) in [4.78, 5) is 14.8. The summed E-state index contributed by atoms with van der Waals surface area (Å²) >= 11 is 3.50. The van der Waals surface area contributed by atoms with E-state index in [9.17, 15) is 4.79 Å². The van der Waals surface area contributed by atoms with Crippen molar-refractivity contribution in [3.8, 4) is 0 Å². The van der Waals surface area contributed by atoms with E-state index in [1.54, 1.807) is 0 Å². The molecule has 0 saturated heterocycles. The number of para-hydroxylation sites is 1. The Morgan fingerprint density at radius 3 is 2.56 bits per heavy atom. The standard InChI is InChI=1S/C13H8BrNO/c14-10-6-3-5-9-12(10)8-4-1-2-7-11(8)15-13(9)16/h1-7H,(H,15,16). The molecule has 0 unspecified atom stereocenters. The number of benzene rings is 2. The first-order valence-electron chi connectivity index (χ1n) is 4.96. The second kappa shape index (κ2) is 3.46. The molecule has 0 bridgehead atoms. The molecule has 1 heterocycles. The third-order valence-corrected chi connectivity index (χ3v) is 3.36. The van der Waals surface area contributed by atoms with Crippen LogP contribution in [-0.2, 0) is 0 Å². The zero-order valence-electron chi connectivity index (χ0n) is 8.33. The number of H-pyrrole nitrogens is 1. The van der Waals surface area contributed by atoms with Gasteiger partial charge in [-0.1, -0.05) is 40.2 Å². The predicted octanol–water partition coefficient (Wildman–Crippen LogP) is 3.44. The molecular formula is C13H8BrNO.